The number of carbonyl (C=O) groups is 2. The third-order valence-electron chi connectivity index (χ3n) is 4.36. The van der Waals surface area contributed by atoms with Gasteiger partial charge in [-0.2, -0.15) is 0 Å². The molecule has 2 N–H and O–H groups in total. The number of carbonyl (C=O) groups excluding carboxylic acids is 1. The van der Waals surface area contributed by atoms with Gasteiger partial charge in [-0.1, -0.05) is 35.9 Å². The Labute approximate surface area is 185 Å². The minimum Gasteiger partial charge on any atom is -0.480 e. The highest BCUT2D eigenvalue weighted by Crippen LogP contribution is 2.16. The molecule has 0 aliphatic heterocycles. The molecular weight excluding hydrogens is 435 g/mol. The van der Waals surface area contributed by atoms with Crippen LogP contribution >= 0.6 is 34.8 Å². The second kappa shape index (κ2) is 11.9. The number of carboxylic acids is 1. The maximum atomic E-state index is 12.4. The first-order valence-electron chi connectivity index (χ1n) is 9.15. The molecule has 0 bridgehead atoms. The van der Waals surface area contributed by atoms with E-state index in [9.17, 15) is 14.7 Å². The molecule has 0 saturated heterocycles. The van der Waals surface area contributed by atoms with Gasteiger partial charge in [-0.05, 0) is 35.4 Å². The summed E-state index contributed by atoms with van der Waals surface area (Å²) in [7, 11) is 0. The van der Waals surface area contributed by atoms with E-state index >= 15 is 0 Å². The van der Waals surface area contributed by atoms with Gasteiger partial charge in [0.15, 0.2) is 0 Å². The number of alkyl halides is 2. The van der Waals surface area contributed by atoms with Gasteiger partial charge in [0.2, 0.25) is 5.91 Å². The average Bonchev–Trinajstić information content (AvgIpc) is 2.69. The number of nitrogens with zero attached hydrogens (tertiary/aromatic N) is 1. The molecule has 0 aliphatic rings. The fraction of sp³-hybridized carbons (Fsp3) is 0.333. The van der Waals surface area contributed by atoms with Gasteiger partial charge in [0.05, 0.1) is 6.42 Å². The number of amides is 1. The fourth-order valence-electron chi connectivity index (χ4n) is 2.89. The van der Waals surface area contributed by atoms with Gasteiger partial charge in [-0.3, -0.25) is 4.79 Å². The number of aliphatic carboxylic acids is 1. The Bertz CT molecular complexity index is 792. The van der Waals surface area contributed by atoms with E-state index in [4.69, 9.17) is 34.8 Å². The van der Waals surface area contributed by atoms with Crippen LogP contribution in [-0.4, -0.2) is 47.9 Å². The summed E-state index contributed by atoms with van der Waals surface area (Å²) >= 11 is 17.5. The maximum absolute atomic E-state index is 12.4. The van der Waals surface area contributed by atoms with E-state index in [1.165, 1.54) is 0 Å². The smallest absolute Gasteiger partial charge is 0.326 e. The number of anilines is 1. The van der Waals surface area contributed by atoms with E-state index in [-0.39, 0.29) is 18.7 Å². The van der Waals surface area contributed by atoms with Crippen molar-refractivity contribution in [2.24, 2.45) is 0 Å². The first-order valence-corrected chi connectivity index (χ1v) is 10.6. The maximum Gasteiger partial charge on any atom is 0.326 e. The number of nitrogens with one attached hydrogen (secondary N) is 1. The van der Waals surface area contributed by atoms with E-state index in [0.29, 0.717) is 29.9 Å². The molecule has 0 aromatic heterocycles. The van der Waals surface area contributed by atoms with Crippen molar-refractivity contribution in [1.29, 1.82) is 0 Å². The van der Waals surface area contributed by atoms with Crippen molar-refractivity contribution in [3.05, 3.63) is 64.7 Å². The number of hydrogen-bond donors (Lipinski definition) is 2. The molecule has 1 amide bonds. The van der Waals surface area contributed by atoms with Crippen molar-refractivity contribution in [1.82, 2.24) is 5.32 Å². The molecule has 2 aromatic carbocycles. The molecule has 1 atom stereocenters. The zero-order valence-corrected chi connectivity index (χ0v) is 18.1. The minimum absolute atomic E-state index is 0.0929. The van der Waals surface area contributed by atoms with Gasteiger partial charge >= 0.3 is 5.97 Å². The van der Waals surface area contributed by atoms with Crippen LogP contribution < -0.4 is 10.2 Å². The predicted molar refractivity (Wildman–Crippen MR) is 119 cm³/mol. The molecular formula is C21H23Cl3N2O3. The summed E-state index contributed by atoms with van der Waals surface area (Å²) in [5.74, 6) is -0.449. The number of benzene rings is 2. The van der Waals surface area contributed by atoms with Gasteiger partial charge in [-0.25, -0.2) is 4.79 Å². The van der Waals surface area contributed by atoms with Crippen LogP contribution in [0, 0.1) is 0 Å². The van der Waals surface area contributed by atoms with Gasteiger partial charge < -0.3 is 15.3 Å². The van der Waals surface area contributed by atoms with Crippen LogP contribution in [0.4, 0.5) is 5.69 Å². The van der Waals surface area contributed by atoms with Crippen LogP contribution in [0.2, 0.25) is 5.02 Å². The molecule has 0 spiro atoms. The second-order valence-corrected chi connectivity index (χ2v) is 7.69. The number of hydrogen-bond acceptors (Lipinski definition) is 3. The highest BCUT2D eigenvalue weighted by atomic mass is 35.5. The van der Waals surface area contributed by atoms with Crippen LogP contribution in [0.1, 0.15) is 11.1 Å². The van der Waals surface area contributed by atoms with Crippen molar-refractivity contribution >= 4 is 52.4 Å². The van der Waals surface area contributed by atoms with E-state index < -0.39 is 12.0 Å². The molecule has 156 valence electrons. The Balaban J connectivity index is 1.97. The van der Waals surface area contributed by atoms with E-state index in [0.717, 1.165) is 16.8 Å². The van der Waals surface area contributed by atoms with Gasteiger partial charge in [0.1, 0.15) is 6.04 Å². The molecule has 2 aromatic rings. The first-order chi connectivity index (χ1) is 13.9. The SMILES string of the molecule is O=C(Cc1ccc(N(CCCl)CCCl)cc1)N[C@H](Cc1ccc(Cl)cc1)C(=O)O. The van der Waals surface area contributed by atoms with Crippen molar-refractivity contribution < 1.29 is 14.7 Å². The molecule has 0 heterocycles. The summed E-state index contributed by atoms with van der Waals surface area (Å²) in [5.41, 5.74) is 2.55. The standard InChI is InChI=1S/C21H23Cl3N2O3/c22-9-11-26(12-10-23)18-7-3-16(4-8-18)14-20(27)25-19(21(28)29)13-15-1-5-17(24)6-2-15/h1-8,19H,9-14H2,(H,25,27)(H,28,29)/t19-/m1/s1. The summed E-state index contributed by atoms with van der Waals surface area (Å²) in [4.78, 5) is 26.0. The highest BCUT2D eigenvalue weighted by Gasteiger charge is 2.20. The lowest BCUT2D eigenvalue weighted by atomic mass is 10.1. The lowest BCUT2D eigenvalue weighted by Crippen LogP contribution is -2.43. The fourth-order valence-corrected chi connectivity index (χ4v) is 3.42. The zero-order valence-electron chi connectivity index (χ0n) is 15.8. The summed E-state index contributed by atoms with van der Waals surface area (Å²) in [6, 6.07) is 13.4. The van der Waals surface area contributed by atoms with Crippen LogP contribution in [0.15, 0.2) is 48.5 Å². The van der Waals surface area contributed by atoms with E-state index in [2.05, 4.69) is 10.2 Å². The van der Waals surface area contributed by atoms with Gasteiger partial charge in [0, 0.05) is 42.0 Å². The topological polar surface area (TPSA) is 69.6 Å². The first kappa shape index (κ1) is 23.3. The summed E-state index contributed by atoms with van der Waals surface area (Å²) in [6.07, 6.45) is 0.276. The van der Waals surface area contributed by atoms with Crippen LogP contribution in [0.3, 0.4) is 0 Å². The van der Waals surface area contributed by atoms with E-state index in [1.807, 2.05) is 24.3 Å². The van der Waals surface area contributed by atoms with Crippen molar-refractivity contribution in [2.45, 2.75) is 18.9 Å². The molecule has 2 rings (SSSR count). The molecule has 0 radical (unpaired) electrons. The highest BCUT2D eigenvalue weighted by molar-refractivity contribution is 6.30. The molecule has 0 unspecified atom stereocenters. The predicted octanol–water partition coefficient (Wildman–Crippen LogP) is 3.98. The lowest BCUT2D eigenvalue weighted by Gasteiger charge is -2.23. The lowest BCUT2D eigenvalue weighted by molar-refractivity contribution is -0.141. The Hall–Kier alpha value is -1.95. The molecule has 0 aliphatic carbocycles. The van der Waals surface area contributed by atoms with Crippen molar-refractivity contribution in [3.8, 4) is 0 Å². The van der Waals surface area contributed by atoms with Crippen molar-refractivity contribution in [3.63, 3.8) is 0 Å². The molecule has 0 saturated carbocycles. The Morgan fingerprint density at radius 3 is 2.00 bits per heavy atom. The summed E-state index contributed by atoms with van der Waals surface area (Å²) in [6.45, 7) is 1.36. The molecule has 0 fully saturated rings. The number of carboxylic acid groups (broad SMARTS) is 1. The van der Waals surface area contributed by atoms with Crippen LogP contribution in [0.5, 0.6) is 0 Å². The number of halogens is 3. The molecule has 29 heavy (non-hydrogen) atoms. The zero-order chi connectivity index (χ0) is 21.2. The van der Waals surface area contributed by atoms with Gasteiger partial charge in [-0.15, -0.1) is 23.2 Å². The average molecular weight is 458 g/mol. The Morgan fingerprint density at radius 2 is 1.48 bits per heavy atom. The second-order valence-electron chi connectivity index (χ2n) is 6.50. The summed E-state index contributed by atoms with van der Waals surface area (Å²) in [5, 5.41) is 12.6. The van der Waals surface area contributed by atoms with Gasteiger partial charge in [0.25, 0.3) is 0 Å². The summed E-state index contributed by atoms with van der Waals surface area (Å²) < 4.78 is 0. The van der Waals surface area contributed by atoms with Crippen LogP contribution in [-0.2, 0) is 22.4 Å². The number of rotatable bonds is 11. The quantitative estimate of drug-likeness (QED) is 0.501. The van der Waals surface area contributed by atoms with Crippen molar-refractivity contribution in [2.75, 3.05) is 29.7 Å². The molecule has 5 nitrogen and oxygen atoms in total. The third-order valence-corrected chi connectivity index (χ3v) is 4.95. The minimum atomic E-state index is -1.08. The monoisotopic (exact) mass is 456 g/mol. The third kappa shape index (κ3) is 7.77. The Morgan fingerprint density at radius 1 is 0.931 bits per heavy atom. The van der Waals surface area contributed by atoms with E-state index in [1.54, 1.807) is 24.3 Å². The Kier molecular flexibility index (Phi) is 9.58. The normalized spacial score (nSPS) is 11.7. The van der Waals surface area contributed by atoms with Crippen LogP contribution in [0.25, 0.3) is 0 Å². The largest absolute Gasteiger partial charge is 0.480 e. The molecule has 8 heteroatoms.